The van der Waals surface area contributed by atoms with Gasteiger partial charge in [-0.25, -0.2) is 9.97 Å². The van der Waals surface area contributed by atoms with E-state index < -0.39 is 0 Å². The molecule has 76 valence electrons. The number of rotatable bonds is 2. The van der Waals surface area contributed by atoms with Gasteiger partial charge >= 0.3 is 0 Å². The summed E-state index contributed by atoms with van der Waals surface area (Å²) in [5.41, 5.74) is 7.91. The fourth-order valence-electron chi connectivity index (χ4n) is 1.80. The first-order chi connectivity index (χ1) is 6.68. The number of nitrogens with zero attached hydrogens (tertiary/aromatic N) is 2. The van der Waals surface area contributed by atoms with Crippen LogP contribution in [0.2, 0.25) is 0 Å². The second-order valence-electron chi connectivity index (χ2n) is 4.19. The normalized spacial score (nSPS) is 19.1. The number of nitrogens with two attached hydrogens (primary N) is 1. The fourth-order valence-corrected chi connectivity index (χ4v) is 1.80. The third kappa shape index (κ3) is 1.64. The van der Waals surface area contributed by atoms with Crippen LogP contribution in [0.5, 0.6) is 0 Å². The number of aromatic nitrogens is 2. The topological polar surface area (TPSA) is 51.8 Å². The minimum Gasteiger partial charge on any atom is -0.324 e. The van der Waals surface area contributed by atoms with Crippen molar-refractivity contribution < 1.29 is 0 Å². The van der Waals surface area contributed by atoms with Crippen LogP contribution in [-0.2, 0) is 0 Å². The van der Waals surface area contributed by atoms with Gasteiger partial charge in [0.1, 0.15) is 5.82 Å². The highest BCUT2D eigenvalue weighted by atomic mass is 14.9. The van der Waals surface area contributed by atoms with Gasteiger partial charge in [-0.05, 0) is 26.7 Å². The predicted molar refractivity (Wildman–Crippen MR) is 56.0 cm³/mol. The lowest BCUT2D eigenvalue weighted by molar-refractivity contribution is 0.400. The molecule has 14 heavy (non-hydrogen) atoms. The van der Waals surface area contributed by atoms with Crippen LogP contribution in [0.1, 0.15) is 55.2 Å². The zero-order valence-corrected chi connectivity index (χ0v) is 8.83. The van der Waals surface area contributed by atoms with Crippen molar-refractivity contribution in [3.8, 4) is 0 Å². The Hall–Kier alpha value is -0.960. The van der Waals surface area contributed by atoms with E-state index >= 15 is 0 Å². The molecule has 2 N–H and O–H groups in total. The molecule has 3 heteroatoms. The molecule has 1 fully saturated rings. The third-order valence-corrected chi connectivity index (χ3v) is 3.00. The van der Waals surface area contributed by atoms with Crippen LogP contribution in [0.3, 0.4) is 0 Å². The van der Waals surface area contributed by atoms with Gasteiger partial charge in [-0.2, -0.15) is 0 Å². The van der Waals surface area contributed by atoms with Gasteiger partial charge in [0, 0.05) is 29.4 Å². The fraction of sp³-hybridized carbons (Fsp3) is 0.636. The quantitative estimate of drug-likeness (QED) is 0.778. The van der Waals surface area contributed by atoms with E-state index in [0.717, 1.165) is 17.1 Å². The molecule has 0 spiro atoms. The number of aryl methyl sites for hydroxylation is 1. The molecule has 0 aromatic carbocycles. The second-order valence-corrected chi connectivity index (χ2v) is 4.19. The van der Waals surface area contributed by atoms with Crippen LogP contribution in [0.25, 0.3) is 0 Å². The van der Waals surface area contributed by atoms with E-state index in [1.807, 2.05) is 20.0 Å². The summed E-state index contributed by atoms with van der Waals surface area (Å²) in [6.45, 7) is 3.98. The van der Waals surface area contributed by atoms with Crippen LogP contribution >= 0.6 is 0 Å². The van der Waals surface area contributed by atoms with Gasteiger partial charge in [-0.1, -0.05) is 6.42 Å². The van der Waals surface area contributed by atoms with Gasteiger partial charge in [-0.3, -0.25) is 0 Å². The lowest BCUT2D eigenvalue weighted by atomic mass is 9.85. The van der Waals surface area contributed by atoms with E-state index in [4.69, 9.17) is 5.73 Å². The molecule has 0 aliphatic heterocycles. The van der Waals surface area contributed by atoms with Gasteiger partial charge in [0.15, 0.2) is 0 Å². The summed E-state index contributed by atoms with van der Waals surface area (Å²) in [7, 11) is 0. The smallest absolute Gasteiger partial charge is 0.131 e. The molecule has 0 bridgehead atoms. The van der Waals surface area contributed by atoms with Gasteiger partial charge in [0.05, 0.1) is 0 Å². The predicted octanol–water partition coefficient (Wildman–Crippen LogP) is 2.07. The maximum absolute atomic E-state index is 5.81. The van der Waals surface area contributed by atoms with Crippen molar-refractivity contribution in [2.24, 2.45) is 5.73 Å². The molecule has 1 aromatic rings. The minimum absolute atomic E-state index is 0.0328. The molecule has 0 amide bonds. The standard InChI is InChI=1S/C11H17N3/c1-7(12)10-6-13-11(14-8(10)2)9-4-3-5-9/h6-7,9H,3-5,12H2,1-2H3. The van der Waals surface area contributed by atoms with Gasteiger partial charge in [-0.15, -0.1) is 0 Å². The Balaban J connectivity index is 2.25. The summed E-state index contributed by atoms with van der Waals surface area (Å²) in [4.78, 5) is 8.92. The van der Waals surface area contributed by atoms with E-state index in [9.17, 15) is 0 Å². The third-order valence-electron chi connectivity index (χ3n) is 3.00. The lowest BCUT2D eigenvalue weighted by Gasteiger charge is -2.24. The number of hydrogen-bond donors (Lipinski definition) is 1. The van der Waals surface area contributed by atoms with E-state index in [1.54, 1.807) is 0 Å². The first-order valence-corrected chi connectivity index (χ1v) is 5.27. The number of hydrogen-bond acceptors (Lipinski definition) is 3. The van der Waals surface area contributed by atoms with Gasteiger partial charge < -0.3 is 5.73 Å². The first kappa shape index (κ1) is 9.59. The summed E-state index contributed by atoms with van der Waals surface area (Å²) in [5, 5.41) is 0. The Morgan fingerprint density at radius 3 is 2.64 bits per heavy atom. The monoisotopic (exact) mass is 191 g/mol. The van der Waals surface area contributed by atoms with Crippen molar-refractivity contribution in [3.05, 3.63) is 23.3 Å². The molecule has 1 aliphatic rings. The average molecular weight is 191 g/mol. The maximum Gasteiger partial charge on any atom is 0.131 e. The van der Waals surface area contributed by atoms with E-state index in [0.29, 0.717) is 5.92 Å². The van der Waals surface area contributed by atoms with Crippen LogP contribution in [0.15, 0.2) is 6.20 Å². The van der Waals surface area contributed by atoms with Crippen molar-refractivity contribution in [2.45, 2.75) is 45.1 Å². The summed E-state index contributed by atoms with van der Waals surface area (Å²) in [6.07, 6.45) is 5.71. The molecule has 0 radical (unpaired) electrons. The Morgan fingerprint density at radius 1 is 1.50 bits per heavy atom. The maximum atomic E-state index is 5.81. The molecular weight excluding hydrogens is 174 g/mol. The molecule has 1 aliphatic carbocycles. The van der Waals surface area contributed by atoms with Gasteiger partial charge in [0.25, 0.3) is 0 Å². The van der Waals surface area contributed by atoms with E-state index in [-0.39, 0.29) is 6.04 Å². The summed E-state index contributed by atoms with van der Waals surface area (Å²) < 4.78 is 0. The highest BCUT2D eigenvalue weighted by molar-refractivity contribution is 5.20. The van der Waals surface area contributed by atoms with Crippen LogP contribution in [-0.4, -0.2) is 9.97 Å². The van der Waals surface area contributed by atoms with Gasteiger partial charge in [0.2, 0.25) is 0 Å². The molecular formula is C11H17N3. The molecule has 1 heterocycles. The molecule has 1 aromatic heterocycles. The highest BCUT2D eigenvalue weighted by Gasteiger charge is 2.22. The van der Waals surface area contributed by atoms with Crippen LogP contribution in [0.4, 0.5) is 0 Å². The Labute approximate surface area is 84.8 Å². The Morgan fingerprint density at radius 2 is 2.21 bits per heavy atom. The molecule has 0 saturated heterocycles. The molecule has 3 nitrogen and oxygen atoms in total. The van der Waals surface area contributed by atoms with Crippen molar-refractivity contribution in [3.63, 3.8) is 0 Å². The van der Waals surface area contributed by atoms with Crippen LogP contribution in [0, 0.1) is 6.92 Å². The summed E-state index contributed by atoms with van der Waals surface area (Å²) in [6, 6.07) is 0.0328. The van der Waals surface area contributed by atoms with Crippen LogP contribution < -0.4 is 5.73 Å². The SMILES string of the molecule is Cc1nc(C2CCC2)ncc1C(C)N. The molecule has 1 saturated carbocycles. The Bertz CT molecular complexity index is 329. The highest BCUT2D eigenvalue weighted by Crippen LogP contribution is 2.34. The van der Waals surface area contributed by atoms with E-state index in [1.165, 1.54) is 19.3 Å². The molecule has 1 unspecified atom stereocenters. The lowest BCUT2D eigenvalue weighted by Crippen LogP contribution is -2.16. The zero-order chi connectivity index (χ0) is 10.1. The minimum atomic E-state index is 0.0328. The van der Waals surface area contributed by atoms with Crippen molar-refractivity contribution in [1.29, 1.82) is 0 Å². The van der Waals surface area contributed by atoms with Crippen molar-refractivity contribution >= 4 is 0 Å². The Kier molecular flexibility index (Phi) is 2.50. The molecule has 1 atom stereocenters. The summed E-state index contributed by atoms with van der Waals surface area (Å²) >= 11 is 0. The molecule has 2 rings (SSSR count). The summed E-state index contributed by atoms with van der Waals surface area (Å²) in [5.74, 6) is 1.62. The average Bonchev–Trinajstić information content (AvgIpc) is 2.00. The first-order valence-electron chi connectivity index (χ1n) is 5.27. The largest absolute Gasteiger partial charge is 0.324 e. The van der Waals surface area contributed by atoms with Crippen molar-refractivity contribution in [2.75, 3.05) is 0 Å². The zero-order valence-electron chi connectivity index (χ0n) is 8.83. The van der Waals surface area contributed by atoms with E-state index in [2.05, 4.69) is 9.97 Å². The second kappa shape index (κ2) is 3.65. The van der Waals surface area contributed by atoms with Crippen molar-refractivity contribution in [1.82, 2.24) is 9.97 Å².